The molecule has 1 aliphatic rings. The molecule has 1 aliphatic heterocycles. The molecule has 1 saturated heterocycles. The molecule has 1 heterocycles. The lowest BCUT2D eigenvalue weighted by atomic mass is 10.00. The maximum atomic E-state index is 6.11. The third-order valence-corrected chi connectivity index (χ3v) is 3.78. The number of para-hydroxylation sites is 1. The molecule has 0 aliphatic carbocycles. The van der Waals surface area contributed by atoms with Crippen LogP contribution in [0.1, 0.15) is 31.4 Å². The van der Waals surface area contributed by atoms with E-state index in [9.17, 15) is 0 Å². The van der Waals surface area contributed by atoms with Crippen molar-refractivity contribution in [3.05, 3.63) is 29.8 Å². The highest BCUT2D eigenvalue weighted by Crippen LogP contribution is 2.30. The molecule has 0 radical (unpaired) electrons. The van der Waals surface area contributed by atoms with Gasteiger partial charge >= 0.3 is 0 Å². The van der Waals surface area contributed by atoms with E-state index in [1.165, 1.54) is 0 Å². The second kappa shape index (κ2) is 7.62. The predicted molar refractivity (Wildman–Crippen MR) is 78.9 cm³/mol. The van der Waals surface area contributed by atoms with Crippen LogP contribution in [0.5, 0.6) is 5.75 Å². The molecule has 0 aromatic heterocycles. The van der Waals surface area contributed by atoms with Gasteiger partial charge in [-0.2, -0.15) is 0 Å². The molecule has 1 aromatic rings. The van der Waals surface area contributed by atoms with Gasteiger partial charge in [-0.1, -0.05) is 18.2 Å². The summed E-state index contributed by atoms with van der Waals surface area (Å²) in [5.74, 6) is 1.40. The standard InChI is InChI=1S/C16H25NO3/c1-12(17)16(14-5-3-4-6-15(14)18-2)20-11-13-7-9-19-10-8-13/h3-6,12-13,16H,7-11,17H2,1-2H3. The molecular formula is C16H25NO3. The van der Waals surface area contributed by atoms with Crippen molar-refractivity contribution in [2.24, 2.45) is 11.7 Å². The molecule has 2 unspecified atom stereocenters. The Balaban J connectivity index is 2.02. The van der Waals surface area contributed by atoms with E-state index in [0.29, 0.717) is 5.92 Å². The molecule has 2 atom stereocenters. The van der Waals surface area contributed by atoms with Crippen molar-refractivity contribution in [1.82, 2.24) is 0 Å². The number of nitrogens with two attached hydrogens (primary N) is 1. The van der Waals surface area contributed by atoms with Gasteiger partial charge in [0.2, 0.25) is 0 Å². The van der Waals surface area contributed by atoms with Crippen LogP contribution in [0, 0.1) is 5.92 Å². The number of ether oxygens (including phenoxy) is 3. The summed E-state index contributed by atoms with van der Waals surface area (Å²) in [7, 11) is 1.68. The lowest BCUT2D eigenvalue weighted by Gasteiger charge is -2.28. The zero-order valence-electron chi connectivity index (χ0n) is 12.4. The van der Waals surface area contributed by atoms with E-state index < -0.39 is 0 Å². The van der Waals surface area contributed by atoms with E-state index in [2.05, 4.69) is 0 Å². The average Bonchev–Trinajstić information content (AvgIpc) is 2.48. The highest BCUT2D eigenvalue weighted by molar-refractivity contribution is 5.35. The summed E-state index contributed by atoms with van der Waals surface area (Å²) in [6, 6.07) is 7.84. The van der Waals surface area contributed by atoms with Gasteiger partial charge in [0.15, 0.2) is 0 Å². The first-order chi connectivity index (χ1) is 9.72. The Morgan fingerprint density at radius 1 is 1.30 bits per heavy atom. The number of hydrogen-bond acceptors (Lipinski definition) is 4. The second-order valence-corrected chi connectivity index (χ2v) is 5.41. The topological polar surface area (TPSA) is 53.7 Å². The minimum Gasteiger partial charge on any atom is -0.496 e. The van der Waals surface area contributed by atoms with E-state index in [4.69, 9.17) is 19.9 Å². The Labute approximate surface area is 121 Å². The summed E-state index contributed by atoms with van der Waals surface area (Å²) < 4.78 is 16.9. The molecule has 1 aromatic carbocycles. The second-order valence-electron chi connectivity index (χ2n) is 5.41. The molecule has 0 spiro atoms. The third-order valence-electron chi connectivity index (χ3n) is 3.78. The first kappa shape index (κ1) is 15.3. The van der Waals surface area contributed by atoms with E-state index in [1.54, 1.807) is 7.11 Å². The van der Waals surface area contributed by atoms with Crippen LogP contribution >= 0.6 is 0 Å². The maximum Gasteiger partial charge on any atom is 0.124 e. The Bertz CT molecular complexity index is 402. The number of benzene rings is 1. The van der Waals surface area contributed by atoms with Gasteiger partial charge in [0, 0.05) is 24.8 Å². The molecule has 112 valence electrons. The summed E-state index contributed by atoms with van der Waals surface area (Å²) in [4.78, 5) is 0. The molecule has 4 heteroatoms. The van der Waals surface area contributed by atoms with Crippen molar-refractivity contribution in [2.75, 3.05) is 26.9 Å². The molecule has 4 nitrogen and oxygen atoms in total. The van der Waals surface area contributed by atoms with Crippen LogP contribution in [0.4, 0.5) is 0 Å². The summed E-state index contributed by atoms with van der Waals surface area (Å²) in [6.45, 7) is 4.38. The molecule has 0 amide bonds. The van der Waals surface area contributed by atoms with Crippen LogP contribution < -0.4 is 10.5 Å². The summed E-state index contributed by atoms with van der Waals surface area (Å²) in [5.41, 5.74) is 7.13. The van der Waals surface area contributed by atoms with Crippen molar-refractivity contribution in [1.29, 1.82) is 0 Å². The van der Waals surface area contributed by atoms with Crippen molar-refractivity contribution < 1.29 is 14.2 Å². The largest absolute Gasteiger partial charge is 0.496 e. The monoisotopic (exact) mass is 279 g/mol. The quantitative estimate of drug-likeness (QED) is 0.869. The van der Waals surface area contributed by atoms with Crippen LogP contribution in [0.25, 0.3) is 0 Å². The molecule has 20 heavy (non-hydrogen) atoms. The summed E-state index contributed by atoms with van der Waals surface area (Å²) >= 11 is 0. The van der Waals surface area contributed by atoms with Gasteiger partial charge in [0.05, 0.1) is 13.7 Å². The van der Waals surface area contributed by atoms with E-state index in [1.807, 2.05) is 31.2 Å². The van der Waals surface area contributed by atoms with Crippen molar-refractivity contribution in [2.45, 2.75) is 31.9 Å². The van der Waals surface area contributed by atoms with Crippen LogP contribution in [-0.2, 0) is 9.47 Å². The fraction of sp³-hybridized carbons (Fsp3) is 0.625. The van der Waals surface area contributed by atoms with Crippen LogP contribution in [0.15, 0.2) is 24.3 Å². The van der Waals surface area contributed by atoms with Gasteiger partial charge in [0.1, 0.15) is 11.9 Å². The van der Waals surface area contributed by atoms with Gasteiger partial charge in [0.25, 0.3) is 0 Å². The average molecular weight is 279 g/mol. The minimum atomic E-state index is -0.131. The zero-order valence-corrected chi connectivity index (χ0v) is 12.4. The highest BCUT2D eigenvalue weighted by atomic mass is 16.5. The lowest BCUT2D eigenvalue weighted by Crippen LogP contribution is -2.30. The van der Waals surface area contributed by atoms with Crippen LogP contribution in [0.3, 0.4) is 0 Å². The number of methoxy groups -OCH3 is 1. The Morgan fingerprint density at radius 3 is 2.65 bits per heavy atom. The molecule has 0 bridgehead atoms. The minimum absolute atomic E-state index is 0.0776. The van der Waals surface area contributed by atoms with Gasteiger partial charge in [-0.25, -0.2) is 0 Å². The van der Waals surface area contributed by atoms with Gasteiger partial charge in [-0.3, -0.25) is 0 Å². The smallest absolute Gasteiger partial charge is 0.124 e. The summed E-state index contributed by atoms with van der Waals surface area (Å²) in [5, 5.41) is 0. The zero-order chi connectivity index (χ0) is 14.4. The molecule has 0 saturated carbocycles. The Kier molecular flexibility index (Phi) is 5.83. The summed E-state index contributed by atoms with van der Waals surface area (Å²) in [6.07, 6.45) is 2.00. The molecule has 2 N–H and O–H groups in total. The SMILES string of the molecule is COc1ccccc1C(OCC1CCOCC1)C(C)N. The molecule has 1 fully saturated rings. The first-order valence-corrected chi connectivity index (χ1v) is 7.30. The van der Waals surface area contributed by atoms with Gasteiger partial charge in [-0.05, 0) is 31.7 Å². The van der Waals surface area contributed by atoms with Crippen LogP contribution in [0.2, 0.25) is 0 Å². The molecular weight excluding hydrogens is 254 g/mol. The van der Waals surface area contributed by atoms with Gasteiger partial charge < -0.3 is 19.9 Å². The number of rotatable bonds is 6. The van der Waals surface area contributed by atoms with E-state index in [0.717, 1.165) is 44.0 Å². The van der Waals surface area contributed by atoms with Crippen molar-refractivity contribution in [3.8, 4) is 5.75 Å². The normalized spacial score (nSPS) is 19.6. The fourth-order valence-corrected chi connectivity index (χ4v) is 2.58. The predicted octanol–water partition coefficient (Wildman–Crippen LogP) is 2.53. The first-order valence-electron chi connectivity index (χ1n) is 7.30. The van der Waals surface area contributed by atoms with E-state index >= 15 is 0 Å². The van der Waals surface area contributed by atoms with Crippen LogP contribution in [-0.4, -0.2) is 33.0 Å². The highest BCUT2D eigenvalue weighted by Gasteiger charge is 2.23. The third kappa shape index (κ3) is 3.95. The molecule has 2 rings (SSSR count). The van der Waals surface area contributed by atoms with Gasteiger partial charge in [-0.15, -0.1) is 0 Å². The van der Waals surface area contributed by atoms with Crippen molar-refractivity contribution >= 4 is 0 Å². The lowest BCUT2D eigenvalue weighted by molar-refractivity contribution is -0.0194. The van der Waals surface area contributed by atoms with E-state index in [-0.39, 0.29) is 12.1 Å². The number of hydrogen-bond donors (Lipinski definition) is 1. The Hall–Kier alpha value is -1.10. The van der Waals surface area contributed by atoms with Crippen molar-refractivity contribution in [3.63, 3.8) is 0 Å². The fourth-order valence-electron chi connectivity index (χ4n) is 2.58. The Morgan fingerprint density at radius 2 is 2.00 bits per heavy atom. The maximum absolute atomic E-state index is 6.11.